The molecule has 1 fully saturated rings. The first-order valence-corrected chi connectivity index (χ1v) is 9.60. The van der Waals surface area contributed by atoms with Crippen molar-refractivity contribution in [1.29, 1.82) is 0 Å². The summed E-state index contributed by atoms with van der Waals surface area (Å²) in [7, 11) is 2.06. The van der Waals surface area contributed by atoms with Crippen LogP contribution in [0.4, 0.5) is 4.79 Å². The number of nitrogens with zero attached hydrogens (tertiary/aromatic N) is 4. The quantitative estimate of drug-likeness (QED) is 0.726. The molecular weight excluding hydrogens is 352 g/mol. The van der Waals surface area contributed by atoms with Crippen LogP contribution in [-0.2, 0) is 6.54 Å². The smallest absolute Gasteiger partial charge is 0.318 e. The number of hydrogen-bond acceptors (Lipinski definition) is 4. The monoisotopic (exact) mass is 378 g/mol. The molecule has 3 aromatic rings. The van der Waals surface area contributed by atoms with Gasteiger partial charge in [-0.3, -0.25) is 4.57 Å². The number of hydrogen-bond donors (Lipinski definition) is 2. The van der Waals surface area contributed by atoms with E-state index in [1.807, 2.05) is 53.7 Å². The third-order valence-corrected chi connectivity index (χ3v) is 5.33. The van der Waals surface area contributed by atoms with E-state index in [4.69, 9.17) is 5.73 Å². The van der Waals surface area contributed by atoms with Gasteiger partial charge >= 0.3 is 6.03 Å². The normalized spacial score (nSPS) is 17.8. The van der Waals surface area contributed by atoms with Crippen LogP contribution >= 0.6 is 0 Å². The maximum Gasteiger partial charge on any atom is 0.318 e. The third-order valence-electron chi connectivity index (χ3n) is 5.33. The van der Waals surface area contributed by atoms with Crippen molar-refractivity contribution in [3.05, 3.63) is 60.4 Å². The molecule has 1 aromatic heterocycles. The van der Waals surface area contributed by atoms with Crippen molar-refractivity contribution in [3.8, 4) is 5.69 Å². The van der Waals surface area contributed by atoms with Gasteiger partial charge < -0.3 is 20.9 Å². The number of nitrogens with one attached hydrogen (secondary N) is 1. The highest BCUT2D eigenvalue weighted by Crippen LogP contribution is 2.18. The first-order chi connectivity index (χ1) is 13.7. The fraction of sp³-hybridized carbons (Fsp3) is 0.333. The standard InChI is InChI=1S/C21H26N6O/c1-25-10-11-26(18(12-22)14-25)21(28)23-13-16-6-8-17(9-7-16)27-15-24-19-4-2-3-5-20(19)27/h2-9,15,18H,10-14,22H2,1H3,(H,23,28). The lowest BCUT2D eigenvalue weighted by molar-refractivity contribution is 0.112. The van der Waals surface area contributed by atoms with Crippen LogP contribution in [0.2, 0.25) is 0 Å². The summed E-state index contributed by atoms with van der Waals surface area (Å²) in [4.78, 5) is 21.1. The van der Waals surface area contributed by atoms with Gasteiger partial charge in [0, 0.05) is 38.4 Å². The molecule has 28 heavy (non-hydrogen) atoms. The van der Waals surface area contributed by atoms with Crippen LogP contribution in [0.25, 0.3) is 16.7 Å². The predicted molar refractivity (Wildman–Crippen MR) is 110 cm³/mol. The van der Waals surface area contributed by atoms with Crippen molar-refractivity contribution in [1.82, 2.24) is 24.7 Å². The van der Waals surface area contributed by atoms with Gasteiger partial charge in [-0.2, -0.15) is 0 Å². The Kier molecular flexibility index (Phi) is 5.27. The van der Waals surface area contributed by atoms with Crippen LogP contribution in [0, 0.1) is 0 Å². The van der Waals surface area contributed by atoms with Crippen LogP contribution in [-0.4, -0.2) is 64.7 Å². The molecule has 1 unspecified atom stereocenters. The number of piperazine rings is 1. The highest BCUT2D eigenvalue weighted by atomic mass is 16.2. The summed E-state index contributed by atoms with van der Waals surface area (Å²) in [5, 5.41) is 3.03. The molecule has 2 amide bonds. The Bertz CT molecular complexity index is 951. The maximum absolute atomic E-state index is 12.6. The molecule has 7 heteroatoms. The van der Waals surface area contributed by atoms with E-state index in [2.05, 4.69) is 32.9 Å². The second kappa shape index (κ2) is 8.00. The molecule has 1 saturated heterocycles. The van der Waals surface area contributed by atoms with Crippen LogP contribution in [0.15, 0.2) is 54.9 Å². The zero-order chi connectivity index (χ0) is 19.5. The second-order valence-electron chi connectivity index (χ2n) is 7.27. The Labute approximate surface area is 164 Å². The molecule has 1 aliphatic rings. The van der Waals surface area contributed by atoms with Gasteiger partial charge in [0.2, 0.25) is 0 Å². The number of urea groups is 1. The van der Waals surface area contributed by atoms with Crippen molar-refractivity contribution in [2.45, 2.75) is 12.6 Å². The van der Waals surface area contributed by atoms with Crippen LogP contribution in [0.3, 0.4) is 0 Å². The lowest BCUT2D eigenvalue weighted by Gasteiger charge is -2.39. The minimum absolute atomic E-state index is 0.0479. The summed E-state index contributed by atoms with van der Waals surface area (Å²) >= 11 is 0. The third kappa shape index (κ3) is 3.72. The van der Waals surface area contributed by atoms with E-state index >= 15 is 0 Å². The number of rotatable bonds is 4. The minimum atomic E-state index is -0.0479. The molecule has 0 spiro atoms. The van der Waals surface area contributed by atoms with Gasteiger partial charge in [-0.1, -0.05) is 24.3 Å². The molecule has 1 aliphatic heterocycles. The molecule has 0 radical (unpaired) electrons. The Morgan fingerprint density at radius 1 is 1.18 bits per heavy atom. The molecule has 3 N–H and O–H groups in total. The van der Waals surface area contributed by atoms with E-state index in [0.717, 1.165) is 35.4 Å². The molecule has 2 heterocycles. The summed E-state index contributed by atoms with van der Waals surface area (Å²) in [6, 6.07) is 16.2. The number of carbonyl (C=O) groups is 1. The van der Waals surface area contributed by atoms with Crippen molar-refractivity contribution in [2.24, 2.45) is 5.73 Å². The summed E-state index contributed by atoms with van der Waals surface area (Å²) in [6.07, 6.45) is 1.84. The molecule has 7 nitrogen and oxygen atoms in total. The average Bonchev–Trinajstić information content (AvgIpc) is 3.16. The lowest BCUT2D eigenvalue weighted by Crippen LogP contribution is -2.58. The molecular formula is C21H26N6O. The van der Waals surface area contributed by atoms with Crippen molar-refractivity contribution in [2.75, 3.05) is 33.2 Å². The van der Waals surface area contributed by atoms with Gasteiger partial charge in [-0.05, 0) is 36.9 Å². The van der Waals surface area contributed by atoms with Gasteiger partial charge in [0.05, 0.1) is 17.1 Å². The maximum atomic E-state index is 12.6. The molecule has 146 valence electrons. The molecule has 2 aromatic carbocycles. The van der Waals surface area contributed by atoms with Gasteiger partial charge in [0.15, 0.2) is 0 Å². The average molecular weight is 378 g/mol. The first-order valence-electron chi connectivity index (χ1n) is 9.60. The second-order valence-corrected chi connectivity index (χ2v) is 7.27. The van der Waals surface area contributed by atoms with E-state index in [0.29, 0.717) is 19.6 Å². The van der Waals surface area contributed by atoms with E-state index in [9.17, 15) is 4.79 Å². The zero-order valence-corrected chi connectivity index (χ0v) is 16.1. The molecule has 0 aliphatic carbocycles. The van der Waals surface area contributed by atoms with E-state index in [1.165, 1.54) is 0 Å². The number of para-hydroxylation sites is 2. The van der Waals surface area contributed by atoms with Gasteiger partial charge in [0.25, 0.3) is 0 Å². The highest BCUT2D eigenvalue weighted by Gasteiger charge is 2.27. The summed E-state index contributed by atoms with van der Waals surface area (Å²) in [5.41, 5.74) is 10.00. The fourth-order valence-corrected chi connectivity index (χ4v) is 3.70. The summed E-state index contributed by atoms with van der Waals surface area (Å²) < 4.78 is 2.06. The Balaban J connectivity index is 1.40. The number of imidazole rings is 1. The summed E-state index contributed by atoms with van der Waals surface area (Å²) in [5.74, 6) is 0. The number of fused-ring (bicyclic) bond motifs is 1. The Hall–Kier alpha value is -2.90. The number of amides is 2. The first kappa shape index (κ1) is 18.5. The van der Waals surface area contributed by atoms with Gasteiger partial charge in [-0.15, -0.1) is 0 Å². The molecule has 4 rings (SSSR count). The molecule has 1 atom stereocenters. The van der Waals surface area contributed by atoms with E-state index in [-0.39, 0.29) is 12.1 Å². The van der Waals surface area contributed by atoms with Crippen LogP contribution in [0.5, 0.6) is 0 Å². The van der Waals surface area contributed by atoms with Gasteiger partial charge in [-0.25, -0.2) is 9.78 Å². The largest absolute Gasteiger partial charge is 0.334 e. The van der Waals surface area contributed by atoms with Gasteiger partial charge in [0.1, 0.15) is 6.33 Å². The zero-order valence-electron chi connectivity index (χ0n) is 16.1. The highest BCUT2D eigenvalue weighted by molar-refractivity contribution is 5.77. The number of nitrogens with two attached hydrogens (primary N) is 1. The number of benzene rings is 2. The number of aromatic nitrogens is 2. The SMILES string of the molecule is CN1CCN(C(=O)NCc2ccc(-n3cnc4ccccc43)cc2)C(CN)C1. The van der Waals surface area contributed by atoms with Crippen molar-refractivity contribution in [3.63, 3.8) is 0 Å². The summed E-state index contributed by atoms with van der Waals surface area (Å²) in [6.45, 7) is 3.37. The fourth-order valence-electron chi connectivity index (χ4n) is 3.70. The van der Waals surface area contributed by atoms with E-state index < -0.39 is 0 Å². The minimum Gasteiger partial charge on any atom is -0.334 e. The van der Waals surface area contributed by atoms with E-state index in [1.54, 1.807) is 0 Å². The number of likely N-dealkylation sites (N-methyl/N-ethyl adjacent to an activating group) is 1. The number of carbonyl (C=O) groups excluding carboxylic acids is 1. The van der Waals surface area contributed by atoms with Crippen LogP contribution < -0.4 is 11.1 Å². The van der Waals surface area contributed by atoms with Crippen LogP contribution in [0.1, 0.15) is 5.56 Å². The topological polar surface area (TPSA) is 79.4 Å². The van der Waals surface area contributed by atoms with Crippen molar-refractivity contribution >= 4 is 17.1 Å². The Morgan fingerprint density at radius 2 is 1.96 bits per heavy atom. The van der Waals surface area contributed by atoms with Crippen molar-refractivity contribution < 1.29 is 4.79 Å². The lowest BCUT2D eigenvalue weighted by atomic mass is 10.2. The predicted octanol–water partition coefficient (Wildman–Crippen LogP) is 1.81. The Morgan fingerprint density at radius 3 is 2.75 bits per heavy atom. The molecule has 0 bridgehead atoms. The molecule has 0 saturated carbocycles.